The lowest BCUT2D eigenvalue weighted by atomic mass is 10.1. The Hall–Kier alpha value is 0.280. The Morgan fingerprint density at radius 3 is 2.71 bits per heavy atom. The smallest absolute Gasteiger partial charge is 0.125 e. The predicted octanol–water partition coefficient (Wildman–Crippen LogP) is 4.08. The van der Waals surface area contributed by atoms with Gasteiger partial charge in [0.1, 0.15) is 5.82 Å². The number of aryl methyl sites for hydroxylation is 1. The van der Waals surface area contributed by atoms with E-state index in [9.17, 15) is 0 Å². The molecule has 0 bridgehead atoms. The van der Waals surface area contributed by atoms with Crippen molar-refractivity contribution >= 4 is 42.8 Å². The molecule has 1 aliphatic rings. The zero-order valence-electron chi connectivity index (χ0n) is 9.31. The summed E-state index contributed by atoms with van der Waals surface area (Å²) in [5.74, 6) is 1.03. The highest BCUT2D eigenvalue weighted by Gasteiger charge is 2.18. The molecule has 76 valence electrons. The highest BCUT2D eigenvalue weighted by molar-refractivity contribution is 15.0. The van der Waals surface area contributed by atoms with Crippen LogP contribution in [0.1, 0.15) is 38.2 Å². The Morgan fingerprint density at radius 1 is 1.43 bits per heavy atom. The van der Waals surface area contributed by atoms with E-state index in [1.54, 1.807) is 0 Å². The van der Waals surface area contributed by atoms with Crippen LogP contribution in [0, 0.1) is 6.92 Å². The molecule has 0 aliphatic heterocycles. The Bertz CT molecular complexity index is 405. The highest BCUT2D eigenvalue weighted by atomic mass is 128. The topological polar surface area (TPSA) is 25.8 Å². The molecule has 0 N–H and O–H groups in total. The zero-order chi connectivity index (χ0) is 11.6. The second-order valence-corrected chi connectivity index (χ2v) is 3.28. The molecule has 1 unspecified atom stereocenters. The molecule has 14 heavy (non-hydrogen) atoms. The van der Waals surface area contributed by atoms with Crippen molar-refractivity contribution in [1.82, 2.24) is 9.97 Å². The van der Waals surface area contributed by atoms with Crippen molar-refractivity contribution < 1.29 is 1.37 Å². The third-order valence-electron chi connectivity index (χ3n) is 2.19. The maximum absolute atomic E-state index is 7.72. The summed E-state index contributed by atoms with van der Waals surface area (Å²) in [7, 11) is 0. The number of hydrogen-bond donors (Lipinski definition) is 0. The van der Waals surface area contributed by atoms with Gasteiger partial charge in [0.2, 0.25) is 0 Å². The van der Waals surface area contributed by atoms with Gasteiger partial charge < -0.3 is 0 Å². The lowest BCUT2D eigenvalue weighted by molar-refractivity contribution is 0.884. The minimum atomic E-state index is 0.334. The van der Waals surface area contributed by atoms with Crippen LogP contribution in [-0.2, 0) is 0 Å². The van der Waals surface area contributed by atoms with Gasteiger partial charge in [-0.1, -0.05) is 13.0 Å². The highest BCUT2D eigenvalue weighted by Crippen LogP contribution is 2.32. The molecule has 2 nitrogen and oxygen atoms in total. The van der Waals surface area contributed by atoms with Crippen LogP contribution in [0.4, 0.5) is 0 Å². The molecule has 2 rings (SSSR count). The molecule has 1 aromatic heterocycles. The number of nitrogens with zero attached hydrogens (tertiary/aromatic N) is 2. The number of aromatic nitrogens is 2. The Morgan fingerprint density at radius 2 is 2.07 bits per heavy atom. The van der Waals surface area contributed by atoms with E-state index in [1.165, 1.54) is 0 Å². The van der Waals surface area contributed by atoms with Crippen molar-refractivity contribution in [3.63, 3.8) is 0 Å². The summed E-state index contributed by atoms with van der Waals surface area (Å²) in [6, 6.07) is 0. The first-order valence-corrected chi connectivity index (χ1v) is 10.6. The second-order valence-electron chi connectivity index (χ2n) is 3.28. The number of allylic oxidation sites excluding steroid dienone is 2. The van der Waals surface area contributed by atoms with Gasteiger partial charge in [-0.15, -0.1) is 0 Å². The molecule has 1 heterocycles. The normalized spacial score (nSPS) is 19.1. The standard InChI is InChI=1S/C10H12N2.I2/c1-6-4-7(2)10-9(6)5-11-8(3)12-10;1-2/h4-5,7H,1-3H3;/i5D;. The summed E-state index contributed by atoms with van der Waals surface area (Å²) in [6.45, 7) is 5.94. The van der Waals surface area contributed by atoms with E-state index in [2.05, 4.69) is 60.2 Å². The van der Waals surface area contributed by atoms with Gasteiger partial charge in [-0.05, 0) is 19.4 Å². The maximum atomic E-state index is 7.72. The molecular formula is C10H12I2N2. The van der Waals surface area contributed by atoms with Gasteiger partial charge in [0.15, 0.2) is 0 Å². The Balaban J connectivity index is 0.000000531. The van der Waals surface area contributed by atoms with Gasteiger partial charge in [-0.2, -0.15) is 0 Å². The van der Waals surface area contributed by atoms with Crippen LogP contribution >= 0.6 is 37.2 Å². The van der Waals surface area contributed by atoms with Crippen molar-refractivity contribution in [2.45, 2.75) is 26.7 Å². The van der Waals surface area contributed by atoms with Gasteiger partial charge in [-0.3, -0.25) is 0 Å². The largest absolute Gasteiger partial charge is 0.241 e. The number of rotatable bonds is 0. The first-order valence-electron chi connectivity index (χ1n) is 4.78. The SMILES string of the molecule is II.[2H]c1nc(C)nc2c1C(C)=CC2C. The van der Waals surface area contributed by atoms with E-state index < -0.39 is 0 Å². The molecule has 0 aromatic carbocycles. The maximum Gasteiger partial charge on any atom is 0.125 e. The molecule has 1 aromatic rings. The van der Waals surface area contributed by atoms with E-state index in [0.29, 0.717) is 17.9 Å². The van der Waals surface area contributed by atoms with E-state index in [-0.39, 0.29) is 0 Å². The van der Waals surface area contributed by atoms with Crippen LogP contribution in [0.3, 0.4) is 0 Å². The van der Waals surface area contributed by atoms with Crippen molar-refractivity contribution in [2.24, 2.45) is 0 Å². The lowest BCUT2D eigenvalue weighted by Gasteiger charge is -2.03. The molecule has 4 heteroatoms. The van der Waals surface area contributed by atoms with Crippen LogP contribution in [0.2, 0.25) is 0 Å². The van der Waals surface area contributed by atoms with Gasteiger partial charge in [0, 0.05) is 54.9 Å². The summed E-state index contributed by atoms with van der Waals surface area (Å²) < 4.78 is 7.72. The summed E-state index contributed by atoms with van der Waals surface area (Å²) in [4.78, 5) is 8.41. The van der Waals surface area contributed by atoms with Crippen molar-refractivity contribution in [2.75, 3.05) is 0 Å². The van der Waals surface area contributed by atoms with Crippen LogP contribution in [0.15, 0.2) is 12.2 Å². The van der Waals surface area contributed by atoms with E-state index in [1.807, 2.05) is 13.8 Å². The fraction of sp³-hybridized carbons (Fsp3) is 0.400. The third kappa shape index (κ3) is 2.44. The van der Waals surface area contributed by atoms with Crippen molar-refractivity contribution in [3.05, 3.63) is 29.3 Å². The molecule has 0 radical (unpaired) electrons. The first-order chi connectivity index (χ1) is 7.09. The lowest BCUT2D eigenvalue weighted by Crippen LogP contribution is -1.97. The van der Waals surface area contributed by atoms with Crippen molar-refractivity contribution in [1.29, 1.82) is 0 Å². The number of fused-ring (bicyclic) bond motifs is 1. The fourth-order valence-electron chi connectivity index (χ4n) is 1.61. The van der Waals surface area contributed by atoms with Crippen LogP contribution in [0.25, 0.3) is 5.57 Å². The average Bonchev–Trinajstić information content (AvgIpc) is 2.45. The van der Waals surface area contributed by atoms with E-state index >= 15 is 0 Å². The first kappa shape index (κ1) is 10.8. The summed E-state index contributed by atoms with van der Waals surface area (Å²) in [5, 5.41) is 0. The minimum absolute atomic E-state index is 0.334. The van der Waals surface area contributed by atoms with Crippen molar-refractivity contribution in [3.8, 4) is 0 Å². The second kappa shape index (κ2) is 5.39. The van der Waals surface area contributed by atoms with E-state index in [4.69, 9.17) is 1.37 Å². The molecular weight excluding hydrogens is 402 g/mol. The molecule has 1 aliphatic carbocycles. The molecule has 0 amide bonds. The van der Waals surface area contributed by atoms with Gasteiger partial charge in [0.05, 0.1) is 7.06 Å². The van der Waals surface area contributed by atoms with Crippen LogP contribution < -0.4 is 0 Å². The summed E-state index contributed by atoms with van der Waals surface area (Å²) in [5.41, 5.74) is 3.07. The van der Waals surface area contributed by atoms with Crippen LogP contribution in [0.5, 0.6) is 0 Å². The van der Waals surface area contributed by atoms with Gasteiger partial charge in [0.25, 0.3) is 0 Å². The molecule has 0 fully saturated rings. The molecule has 0 saturated carbocycles. The quantitative estimate of drug-likeness (QED) is 0.598. The average molecular weight is 415 g/mol. The van der Waals surface area contributed by atoms with Gasteiger partial charge >= 0.3 is 0 Å². The third-order valence-corrected chi connectivity index (χ3v) is 2.19. The van der Waals surface area contributed by atoms with E-state index in [0.717, 1.165) is 16.8 Å². The Labute approximate surface area is 109 Å². The zero-order valence-corrected chi connectivity index (χ0v) is 12.6. The van der Waals surface area contributed by atoms with Crippen LogP contribution in [-0.4, -0.2) is 9.97 Å². The minimum Gasteiger partial charge on any atom is -0.241 e. The molecule has 0 spiro atoms. The fourth-order valence-corrected chi connectivity index (χ4v) is 1.61. The Kier molecular flexibility index (Phi) is 4.15. The predicted molar refractivity (Wildman–Crippen MR) is 76.9 cm³/mol. The molecule has 1 atom stereocenters. The molecule has 0 saturated heterocycles. The summed E-state index contributed by atoms with van der Waals surface area (Å²) >= 11 is 4.24. The number of hydrogen-bond acceptors (Lipinski definition) is 2. The monoisotopic (exact) mass is 415 g/mol. The van der Waals surface area contributed by atoms with Gasteiger partial charge in [-0.25, -0.2) is 9.97 Å². The summed E-state index contributed by atoms with van der Waals surface area (Å²) in [6.07, 6.45) is 2.50. The number of halogens is 2.